The number of phenolic OH excluding ortho intramolecular Hbond substituents is 1. The molecule has 0 atom stereocenters. The number of hydrogen-bond acceptors (Lipinski definition) is 4. The van der Waals surface area contributed by atoms with Crippen molar-refractivity contribution < 1.29 is 19.4 Å². The van der Waals surface area contributed by atoms with Crippen LogP contribution in [0.15, 0.2) is 18.2 Å². The van der Waals surface area contributed by atoms with Gasteiger partial charge < -0.3 is 14.6 Å². The molecule has 0 spiro atoms. The summed E-state index contributed by atoms with van der Waals surface area (Å²) in [5.74, 6) is 0.556. The molecular weight excluding hydrogens is 208 g/mol. The zero-order valence-electron chi connectivity index (χ0n) is 9.10. The molecular formula is C12H14O4. The lowest BCUT2D eigenvalue weighted by molar-refractivity contribution is 0.0600. The predicted molar refractivity (Wildman–Crippen MR) is 57.7 cm³/mol. The molecule has 0 saturated heterocycles. The Hall–Kier alpha value is -1.71. The van der Waals surface area contributed by atoms with E-state index >= 15 is 0 Å². The normalized spacial score (nSPS) is 14.6. The SMILES string of the molecule is COC(=O)c1ccc(O)c(OCC2CC2)c1. The lowest BCUT2D eigenvalue weighted by Gasteiger charge is -2.08. The first-order valence-electron chi connectivity index (χ1n) is 5.25. The van der Waals surface area contributed by atoms with Gasteiger partial charge in [-0.25, -0.2) is 4.79 Å². The highest BCUT2D eigenvalue weighted by molar-refractivity contribution is 5.90. The van der Waals surface area contributed by atoms with Crippen molar-refractivity contribution in [3.8, 4) is 11.5 Å². The van der Waals surface area contributed by atoms with E-state index in [4.69, 9.17) is 4.74 Å². The predicted octanol–water partition coefficient (Wildman–Crippen LogP) is 1.97. The number of aromatic hydroxyl groups is 1. The Labute approximate surface area is 93.8 Å². The van der Waals surface area contributed by atoms with Gasteiger partial charge in [-0.3, -0.25) is 0 Å². The van der Waals surface area contributed by atoms with E-state index in [0.717, 1.165) is 0 Å². The van der Waals surface area contributed by atoms with E-state index in [1.165, 1.54) is 38.2 Å². The largest absolute Gasteiger partial charge is 0.504 e. The smallest absolute Gasteiger partial charge is 0.337 e. The highest BCUT2D eigenvalue weighted by atomic mass is 16.5. The van der Waals surface area contributed by atoms with Crippen LogP contribution in [0, 0.1) is 5.92 Å². The monoisotopic (exact) mass is 222 g/mol. The molecule has 1 aliphatic carbocycles. The van der Waals surface area contributed by atoms with Crippen LogP contribution in [0.25, 0.3) is 0 Å². The van der Waals surface area contributed by atoms with Gasteiger partial charge in [-0.15, -0.1) is 0 Å². The van der Waals surface area contributed by atoms with E-state index in [-0.39, 0.29) is 5.75 Å². The average Bonchev–Trinajstić information content (AvgIpc) is 3.11. The molecule has 1 aliphatic rings. The Kier molecular flexibility index (Phi) is 2.99. The van der Waals surface area contributed by atoms with Crippen LogP contribution in [0.2, 0.25) is 0 Å². The molecule has 4 heteroatoms. The molecule has 0 heterocycles. The molecule has 0 bridgehead atoms. The minimum absolute atomic E-state index is 0.0494. The second kappa shape index (κ2) is 4.43. The lowest BCUT2D eigenvalue weighted by atomic mass is 10.2. The maximum Gasteiger partial charge on any atom is 0.337 e. The Morgan fingerprint density at radius 2 is 2.25 bits per heavy atom. The number of hydrogen-bond donors (Lipinski definition) is 1. The highest BCUT2D eigenvalue weighted by Gasteiger charge is 2.22. The van der Waals surface area contributed by atoms with Crippen LogP contribution >= 0.6 is 0 Å². The van der Waals surface area contributed by atoms with E-state index in [1.807, 2.05) is 0 Å². The van der Waals surface area contributed by atoms with Crippen molar-refractivity contribution in [1.29, 1.82) is 0 Å². The van der Waals surface area contributed by atoms with Crippen LogP contribution in [0.5, 0.6) is 11.5 Å². The van der Waals surface area contributed by atoms with E-state index < -0.39 is 5.97 Å². The van der Waals surface area contributed by atoms with E-state index in [1.54, 1.807) is 0 Å². The van der Waals surface area contributed by atoms with Crippen molar-refractivity contribution in [3.63, 3.8) is 0 Å². The number of carbonyl (C=O) groups is 1. The van der Waals surface area contributed by atoms with Crippen LogP contribution in [0.4, 0.5) is 0 Å². The first-order chi connectivity index (χ1) is 7.70. The first-order valence-corrected chi connectivity index (χ1v) is 5.25. The topological polar surface area (TPSA) is 55.8 Å². The zero-order valence-corrected chi connectivity index (χ0v) is 9.10. The van der Waals surface area contributed by atoms with Gasteiger partial charge in [0.25, 0.3) is 0 Å². The van der Waals surface area contributed by atoms with Crippen LogP contribution in [0.1, 0.15) is 23.2 Å². The molecule has 0 amide bonds. The minimum Gasteiger partial charge on any atom is -0.504 e. The summed E-state index contributed by atoms with van der Waals surface area (Å²) in [6.45, 7) is 0.595. The fourth-order valence-corrected chi connectivity index (χ4v) is 1.37. The van der Waals surface area contributed by atoms with Crippen molar-refractivity contribution >= 4 is 5.97 Å². The molecule has 0 unspecified atom stereocenters. The summed E-state index contributed by atoms with van der Waals surface area (Å²) < 4.78 is 10.0. The van der Waals surface area contributed by atoms with Crippen molar-refractivity contribution in [3.05, 3.63) is 23.8 Å². The van der Waals surface area contributed by atoms with Gasteiger partial charge in [0.05, 0.1) is 19.3 Å². The van der Waals surface area contributed by atoms with Gasteiger partial charge in [-0.1, -0.05) is 0 Å². The quantitative estimate of drug-likeness (QED) is 0.791. The number of ether oxygens (including phenoxy) is 2. The first kappa shape index (κ1) is 10.8. The molecule has 16 heavy (non-hydrogen) atoms. The third-order valence-corrected chi connectivity index (χ3v) is 2.55. The highest BCUT2D eigenvalue weighted by Crippen LogP contribution is 2.32. The summed E-state index contributed by atoms with van der Waals surface area (Å²) in [6.07, 6.45) is 2.36. The molecule has 1 aromatic rings. The Balaban J connectivity index is 2.11. The van der Waals surface area contributed by atoms with Crippen LogP contribution in [0.3, 0.4) is 0 Å². The van der Waals surface area contributed by atoms with Crippen LogP contribution in [-0.4, -0.2) is 24.8 Å². The van der Waals surface area contributed by atoms with Gasteiger partial charge in [-0.05, 0) is 37.0 Å². The molecule has 86 valence electrons. The van der Waals surface area contributed by atoms with Crippen molar-refractivity contribution in [1.82, 2.24) is 0 Å². The summed E-state index contributed by atoms with van der Waals surface area (Å²) in [6, 6.07) is 4.45. The van der Waals surface area contributed by atoms with Gasteiger partial charge in [0.15, 0.2) is 11.5 Å². The number of rotatable bonds is 4. The fraction of sp³-hybridized carbons (Fsp3) is 0.417. The van der Waals surface area contributed by atoms with Gasteiger partial charge in [0, 0.05) is 0 Å². The Bertz CT molecular complexity index is 396. The van der Waals surface area contributed by atoms with Crippen molar-refractivity contribution in [2.45, 2.75) is 12.8 Å². The van der Waals surface area contributed by atoms with Crippen LogP contribution < -0.4 is 4.74 Å². The molecule has 1 N–H and O–H groups in total. The van der Waals surface area contributed by atoms with Crippen molar-refractivity contribution in [2.75, 3.05) is 13.7 Å². The van der Waals surface area contributed by atoms with Crippen LogP contribution in [-0.2, 0) is 4.74 Å². The summed E-state index contributed by atoms with van der Waals surface area (Å²) in [5, 5.41) is 9.55. The Morgan fingerprint density at radius 1 is 1.50 bits per heavy atom. The number of esters is 1. The summed E-state index contributed by atoms with van der Waals surface area (Å²) in [4.78, 5) is 11.3. The Morgan fingerprint density at radius 3 is 2.88 bits per heavy atom. The molecule has 1 fully saturated rings. The average molecular weight is 222 g/mol. The van der Waals surface area contributed by atoms with Gasteiger partial charge >= 0.3 is 5.97 Å². The summed E-state index contributed by atoms with van der Waals surface area (Å²) in [7, 11) is 1.32. The summed E-state index contributed by atoms with van der Waals surface area (Å²) in [5.41, 5.74) is 0.381. The zero-order chi connectivity index (χ0) is 11.5. The number of benzene rings is 1. The van der Waals surface area contributed by atoms with E-state index in [0.29, 0.717) is 23.8 Å². The lowest BCUT2D eigenvalue weighted by Crippen LogP contribution is -2.03. The molecule has 1 aromatic carbocycles. The second-order valence-corrected chi connectivity index (χ2v) is 3.93. The second-order valence-electron chi connectivity index (χ2n) is 3.93. The van der Waals surface area contributed by atoms with E-state index in [2.05, 4.69) is 4.74 Å². The minimum atomic E-state index is -0.434. The maximum atomic E-state index is 11.3. The molecule has 4 nitrogen and oxygen atoms in total. The molecule has 0 aromatic heterocycles. The van der Waals surface area contributed by atoms with E-state index in [9.17, 15) is 9.90 Å². The third-order valence-electron chi connectivity index (χ3n) is 2.55. The number of methoxy groups -OCH3 is 1. The number of phenols is 1. The molecule has 1 saturated carbocycles. The maximum absolute atomic E-state index is 11.3. The third kappa shape index (κ3) is 2.45. The van der Waals surface area contributed by atoms with Gasteiger partial charge in [0.2, 0.25) is 0 Å². The van der Waals surface area contributed by atoms with Gasteiger partial charge in [-0.2, -0.15) is 0 Å². The number of carbonyl (C=O) groups excluding carboxylic acids is 1. The van der Waals surface area contributed by atoms with Crippen molar-refractivity contribution in [2.24, 2.45) is 5.92 Å². The van der Waals surface area contributed by atoms with Gasteiger partial charge in [0.1, 0.15) is 0 Å². The molecule has 0 aliphatic heterocycles. The molecule has 2 rings (SSSR count). The molecule has 0 radical (unpaired) electrons. The standard InChI is InChI=1S/C12H14O4/c1-15-12(14)9-4-5-10(13)11(6-9)16-7-8-2-3-8/h4-6,8,13H,2-3,7H2,1H3. The summed E-state index contributed by atoms with van der Waals surface area (Å²) >= 11 is 0. The fourth-order valence-electron chi connectivity index (χ4n) is 1.37.